The SMILES string of the molecule is CCCCc1ccc(C(=O)N2CCNC(=O)C2=O)nc1. The van der Waals surface area contributed by atoms with E-state index in [-0.39, 0.29) is 18.8 Å². The number of unbranched alkanes of at least 4 members (excludes halogenated alkanes) is 1. The molecule has 0 aromatic carbocycles. The Kier molecular flexibility index (Phi) is 4.45. The minimum absolute atomic E-state index is 0.183. The molecule has 1 fully saturated rings. The fourth-order valence-corrected chi connectivity index (χ4v) is 1.99. The highest BCUT2D eigenvalue weighted by Crippen LogP contribution is 2.08. The summed E-state index contributed by atoms with van der Waals surface area (Å²) in [5.74, 6) is -2.09. The molecule has 6 heteroatoms. The Morgan fingerprint density at radius 1 is 1.40 bits per heavy atom. The van der Waals surface area contributed by atoms with Crippen LogP contribution in [-0.2, 0) is 16.0 Å². The summed E-state index contributed by atoms with van der Waals surface area (Å²) in [5, 5.41) is 2.40. The van der Waals surface area contributed by atoms with E-state index in [1.807, 2.05) is 6.07 Å². The summed E-state index contributed by atoms with van der Waals surface area (Å²) in [6.07, 6.45) is 4.73. The number of nitrogens with one attached hydrogen (secondary N) is 1. The molecule has 1 saturated heterocycles. The molecule has 0 atom stereocenters. The molecule has 0 unspecified atom stereocenters. The van der Waals surface area contributed by atoms with Crippen molar-refractivity contribution in [3.8, 4) is 0 Å². The molecule has 0 aliphatic carbocycles. The van der Waals surface area contributed by atoms with E-state index in [0.717, 1.165) is 29.7 Å². The van der Waals surface area contributed by atoms with Crippen molar-refractivity contribution in [1.82, 2.24) is 15.2 Å². The average Bonchev–Trinajstić information content (AvgIpc) is 2.48. The monoisotopic (exact) mass is 275 g/mol. The maximum atomic E-state index is 12.1. The molecule has 2 heterocycles. The van der Waals surface area contributed by atoms with E-state index < -0.39 is 17.7 Å². The fourth-order valence-electron chi connectivity index (χ4n) is 1.99. The first-order valence-corrected chi connectivity index (χ1v) is 6.72. The van der Waals surface area contributed by atoms with Gasteiger partial charge in [-0.25, -0.2) is 0 Å². The van der Waals surface area contributed by atoms with Crippen molar-refractivity contribution in [3.63, 3.8) is 0 Å². The molecular formula is C14H17N3O3. The Hall–Kier alpha value is -2.24. The molecule has 1 aromatic heterocycles. The number of aromatic nitrogens is 1. The lowest BCUT2D eigenvalue weighted by Gasteiger charge is -2.24. The van der Waals surface area contributed by atoms with Gasteiger partial charge in [-0.05, 0) is 24.5 Å². The van der Waals surface area contributed by atoms with Gasteiger partial charge in [0.05, 0.1) is 0 Å². The number of carbonyl (C=O) groups excluding carboxylic acids is 3. The normalized spacial score (nSPS) is 15.2. The molecule has 1 aliphatic heterocycles. The largest absolute Gasteiger partial charge is 0.346 e. The first-order valence-electron chi connectivity index (χ1n) is 6.72. The number of piperazine rings is 1. The maximum Gasteiger partial charge on any atom is 0.318 e. The number of aryl methyl sites for hydroxylation is 1. The minimum Gasteiger partial charge on any atom is -0.346 e. The first-order chi connectivity index (χ1) is 9.63. The summed E-state index contributed by atoms with van der Waals surface area (Å²) in [6, 6.07) is 3.44. The number of pyridine rings is 1. The van der Waals surface area contributed by atoms with E-state index in [1.54, 1.807) is 12.3 Å². The van der Waals surface area contributed by atoms with Crippen LogP contribution >= 0.6 is 0 Å². The molecule has 106 valence electrons. The van der Waals surface area contributed by atoms with Crippen LogP contribution in [-0.4, -0.2) is 40.7 Å². The Morgan fingerprint density at radius 2 is 2.20 bits per heavy atom. The lowest BCUT2D eigenvalue weighted by atomic mass is 10.1. The van der Waals surface area contributed by atoms with Crippen LogP contribution in [0.1, 0.15) is 35.8 Å². The fraction of sp³-hybridized carbons (Fsp3) is 0.429. The Bertz CT molecular complexity index is 525. The molecule has 3 amide bonds. The van der Waals surface area contributed by atoms with Gasteiger partial charge in [0.1, 0.15) is 5.69 Å². The van der Waals surface area contributed by atoms with Gasteiger partial charge in [0.2, 0.25) is 0 Å². The third-order valence-electron chi connectivity index (χ3n) is 3.17. The van der Waals surface area contributed by atoms with Crippen molar-refractivity contribution in [3.05, 3.63) is 29.6 Å². The Morgan fingerprint density at radius 3 is 2.85 bits per heavy atom. The summed E-state index contributed by atoms with van der Waals surface area (Å²) in [7, 11) is 0. The standard InChI is InChI=1S/C14H17N3O3/c1-2-3-4-10-5-6-11(16-9-10)13(19)17-8-7-15-12(18)14(17)20/h5-6,9H,2-4,7-8H2,1H3,(H,15,18). The van der Waals surface area contributed by atoms with E-state index >= 15 is 0 Å². The van der Waals surface area contributed by atoms with Crippen LogP contribution in [0.4, 0.5) is 0 Å². The van der Waals surface area contributed by atoms with Crippen molar-refractivity contribution in [1.29, 1.82) is 0 Å². The Balaban J connectivity index is 2.08. The van der Waals surface area contributed by atoms with Crippen molar-refractivity contribution < 1.29 is 14.4 Å². The predicted molar refractivity (Wildman–Crippen MR) is 71.9 cm³/mol. The van der Waals surface area contributed by atoms with Gasteiger partial charge in [0, 0.05) is 19.3 Å². The van der Waals surface area contributed by atoms with Gasteiger partial charge >= 0.3 is 11.8 Å². The molecule has 6 nitrogen and oxygen atoms in total. The molecule has 2 rings (SSSR count). The zero-order valence-electron chi connectivity index (χ0n) is 11.4. The number of hydrogen-bond donors (Lipinski definition) is 1. The molecule has 0 bridgehead atoms. The molecule has 20 heavy (non-hydrogen) atoms. The van der Waals surface area contributed by atoms with Crippen molar-refractivity contribution >= 4 is 17.7 Å². The number of amides is 3. The zero-order chi connectivity index (χ0) is 14.5. The van der Waals surface area contributed by atoms with Gasteiger partial charge in [0.25, 0.3) is 5.91 Å². The highest BCUT2D eigenvalue weighted by atomic mass is 16.2. The molecular weight excluding hydrogens is 258 g/mol. The van der Waals surface area contributed by atoms with Crippen molar-refractivity contribution in [2.24, 2.45) is 0 Å². The van der Waals surface area contributed by atoms with Gasteiger partial charge < -0.3 is 5.32 Å². The second-order valence-corrected chi connectivity index (χ2v) is 4.67. The second-order valence-electron chi connectivity index (χ2n) is 4.67. The van der Waals surface area contributed by atoms with Crippen LogP contribution in [0.3, 0.4) is 0 Å². The van der Waals surface area contributed by atoms with Crippen LogP contribution in [0.25, 0.3) is 0 Å². The van der Waals surface area contributed by atoms with Crippen LogP contribution in [0.5, 0.6) is 0 Å². The summed E-state index contributed by atoms with van der Waals surface area (Å²) in [5.41, 5.74) is 1.25. The number of imide groups is 1. The van der Waals surface area contributed by atoms with Gasteiger partial charge in [-0.15, -0.1) is 0 Å². The molecule has 1 aliphatic rings. The predicted octanol–water partition coefficient (Wildman–Crippen LogP) is 0.523. The third-order valence-corrected chi connectivity index (χ3v) is 3.17. The van der Waals surface area contributed by atoms with Crippen LogP contribution < -0.4 is 5.32 Å². The van der Waals surface area contributed by atoms with E-state index in [4.69, 9.17) is 0 Å². The number of carbonyl (C=O) groups is 3. The quantitative estimate of drug-likeness (QED) is 0.642. The van der Waals surface area contributed by atoms with Gasteiger partial charge in [-0.3, -0.25) is 24.3 Å². The number of hydrogen-bond acceptors (Lipinski definition) is 4. The maximum absolute atomic E-state index is 12.1. The summed E-state index contributed by atoms with van der Waals surface area (Å²) >= 11 is 0. The molecule has 1 N–H and O–H groups in total. The number of rotatable bonds is 4. The highest BCUT2D eigenvalue weighted by molar-refractivity contribution is 6.38. The molecule has 0 radical (unpaired) electrons. The van der Waals surface area contributed by atoms with Crippen LogP contribution in [0.15, 0.2) is 18.3 Å². The van der Waals surface area contributed by atoms with Gasteiger partial charge in [0.15, 0.2) is 0 Å². The van der Waals surface area contributed by atoms with E-state index in [1.165, 1.54) is 0 Å². The Labute approximate surface area is 117 Å². The lowest BCUT2D eigenvalue weighted by molar-refractivity contribution is -0.146. The van der Waals surface area contributed by atoms with Crippen molar-refractivity contribution in [2.45, 2.75) is 26.2 Å². The van der Waals surface area contributed by atoms with Crippen LogP contribution in [0.2, 0.25) is 0 Å². The van der Waals surface area contributed by atoms with E-state index in [2.05, 4.69) is 17.2 Å². The second kappa shape index (κ2) is 6.27. The third kappa shape index (κ3) is 3.01. The summed E-state index contributed by atoms with van der Waals surface area (Å²) in [6.45, 7) is 2.58. The topological polar surface area (TPSA) is 79.4 Å². The van der Waals surface area contributed by atoms with E-state index in [9.17, 15) is 14.4 Å². The minimum atomic E-state index is -0.821. The van der Waals surface area contributed by atoms with Crippen molar-refractivity contribution in [2.75, 3.05) is 13.1 Å². The van der Waals surface area contributed by atoms with E-state index in [0.29, 0.717) is 0 Å². The molecule has 1 aromatic rings. The highest BCUT2D eigenvalue weighted by Gasteiger charge is 2.31. The van der Waals surface area contributed by atoms with Gasteiger partial charge in [-0.1, -0.05) is 19.4 Å². The first kappa shape index (κ1) is 14.2. The lowest BCUT2D eigenvalue weighted by Crippen LogP contribution is -2.54. The zero-order valence-corrected chi connectivity index (χ0v) is 11.4. The summed E-state index contributed by atoms with van der Waals surface area (Å²) in [4.78, 5) is 40.0. The van der Waals surface area contributed by atoms with Crippen LogP contribution in [0, 0.1) is 0 Å². The smallest absolute Gasteiger partial charge is 0.318 e. The molecule has 0 saturated carbocycles. The van der Waals surface area contributed by atoms with Gasteiger partial charge in [-0.2, -0.15) is 0 Å². The summed E-state index contributed by atoms with van der Waals surface area (Å²) < 4.78 is 0. The average molecular weight is 275 g/mol. The number of nitrogens with zero attached hydrogens (tertiary/aromatic N) is 2. The molecule has 0 spiro atoms.